The first kappa shape index (κ1) is 13.8. The molecule has 0 saturated carbocycles. The number of carbonyl (C=O) groups is 1. The quantitative estimate of drug-likeness (QED) is 0.914. The van der Waals surface area contributed by atoms with Crippen molar-refractivity contribution in [1.82, 2.24) is 10.5 Å². The Kier molecular flexibility index (Phi) is 4.37. The van der Waals surface area contributed by atoms with Crippen LogP contribution in [-0.2, 0) is 17.6 Å². The highest BCUT2D eigenvalue weighted by Gasteiger charge is 2.15. The normalized spacial score (nSPS) is 12.4. The van der Waals surface area contributed by atoms with Crippen molar-refractivity contribution in [2.24, 2.45) is 0 Å². The van der Waals surface area contributed by atoms with Gasteiger partial charge in [-0.2, -0.15) is 0 Å². The number of rotatable bonds is 5. The fourth-order valence-corrected chi connectivity index (χ4v) is 2.86. The van der Waals surface area contributed by atoms with Gasteiger partial charge in [-0.25, -0.2) is 0 Å². The number of carbonyl (C=O) groups excluding carboxylic acids is 1. The molecule has 0 spiro atoms. The fourth-order valence-electron chi connectivity index (χ4n) is 2.02. The second-order valence-electron chi connectivity index (χ2n) is 4.73. The summed E-state index contributed by atoms with van der Waals surface area (Å²) < 4.78 is 5.06. The molecule has 0 aliphatic rings. The van der Waals surface area contributed by atoms with Gasteiger partial charge >= 0.3 is 0 Å². The molecule has 5 heteroatoms. The van der Waals surface area contributed by atoms with Crippen molar-refractivity contribution in [3.8, 4) is 0 Å². The van der Waals surface area contributed by atoms with Gasteiger partial charge in [0, 0.05) is 22.9 Å². The molecule has 0 radical (unpaired) electrons. The maximum Gasteiger partial charge on any atom is 0.224 e. The zero-order chi connectivity index (χ0) is 13.8. The molecule has 19 heavy (non-hydrogen) atoms. The summed E-state index contributed by atoms with van der Waals surface area (Å²) in [5, 5.41) is 8.91. The molecule has 0 unspecified atom stereocenters. The fraction of sp³-hybridized carbons (Fsp3) is 0.429. The van der Waals surface area contributed by atoms with Gasteiger partial charge in [0.15, 0.2) is 0 Å². The van der Waals surface area contributed by atoms with Gasteiger partial charge < -0.3 is 9.84 Å². The first-order valence-corrected chi connectivity index (χ1v) is 7.17. The lowest BCUT2D eigenvalue weighted by molar-refractivity contribution is -0.121. The maximum absolute atomic E-state index is 12.0. The van der Waals surface area contributed by atoms with Crippen molar-refractivity contribution in [1.29, 1.82) is 0 Å². The molecule has 1 amide bonds. The molecule has 0 aliphatic carbocycles. The summed E-state index contributed by atoms with van der Waals surface area (Å²) in [5.74, 6) is 0.733. The van der Waals surface area contributed by atoms with E-state index in [-0.39, 0.29) is 11.9 Å². The highest BCUT2D eigenvalue weighted by Crippen LogP contribution is 2.14. The van der Waals surface area contributed by atoms with Crippen LogP contribution < -0.4 is 5.32 Å². The predicted octanol–water partition coefficient (Wildman–Crippen LogP) is 2.64. The van der Waals surface area contributed by atoms with Crippen LogP contribution in [0.2, 0.25) is 0 Å². The zero-order valence-corrected chi connectivity index (χ0v) is 12.2. The van der Waals surface area contributed by atoms with Crippen LogP contribution in [-0.4, -0.2) is 17.1 Å². The minimum Gasteiger partial charge on any atom is -0.361 e. The molecular formula is C14H18N2O2S. The number of nitrogens with one attached hydrogen (secondary N) is 1. The highest BCUT2D eigenvalue weighted by molar-refractivity contribution is 7.09. The maximum atomic E-state index is 12.0. The van der Waals surface area contributed by atoms with Gasteiger partial charge in [0.05, 0.1) is 12.1 Å². The number of amides is 1. The highest BCUT2D eigenvalue weighted by atomic mass is 32.1. The molecule has 1 atom stereocenters. The van der Waals surface area contributed by atoms with E-state index in [2.05, 4.69) is 16.5 Å². The molecule has 0 saturated heterocycles. The van der Waals surface area contributed by atoms with Crippen LogP contribution in [0, 0.1) is 13.8 Å². The third-order valence-electron chi connectivity index (χ3n) is 3.01. The molecule has 1 N–H and O–H groups in total. The largest absolute Gasteiger partial charge is 0.361 e. The van der Waals surface area contributed by atoms with E-state index >= 15 is 0 Å². The number of nitrogens with zero attached hydrogens (tertiary/aromatic N) is 1. The third kappa shape index (κ3) is 3.67. The molecule has 0 aromatic carbocycles. The first-order chi connectivity index (χ1) is 9.06. The Labute approximate surface area is 116 Å². The summed E-state index contributed by atoms with van der Waals surface area (Å²) in [7, 11) is 0. The topological polar surface area (TPSA) is 55.1 Å². The SMILES string of the molecule is Cc1noc(C)c1CC(=O)N[C@@H](C)Cc1cccs1. The molecule has 2 aromatic rings. The lowest BCUT2D eigenvalue weighted by Crippen LogP contribution is -2.35. The van der Waals surface area contributed by atoms with E-state index in [0.717, 1.165) is 23.4 Å². The Morgan fingerprint density at radius 2 is 2.32 bits per heavy atom. The van der Waals surface area contributed by atoms with Crippen molar-refractivity contribution < 1.29 is 9.32 Å². The van der Waals surface area contributed by atoms with Crippen molar-refractivity contribution in [3.05, 3.63) is 39.4 Å². The third-order valence-corrected chi connectivity index (χ3v) is 3.91. The van der Waals surface area contributed by atoms with Crippen LogP contribution in [0.3, 0.4) is 0 Å². The molecule has 4 nitrogen and oxygen atoms in total. The van der Waals surface area contributed by atoms with E-state index < -0.39 is 0 Å². The second-order valence-corrected chi connectivity index (χ2v) is 5.76. The van der Waals surface area contributed by atoms with Gasteiger partial charge in [-0.3, -0.25) is 4.79 Å². The monoisotopic (exact) mass is 278 g/mol. The average Bonchev–Trinajstić information content (AvgIpc) is 2.94. The summed E-state index contributed by atoms with van der Waals surface area (Å²) in [6.45, 7) is 5.71. The summed E-state index contributed by atoms with van der Waals surface area (Å²) >= 11 is 1.71. The van der Waals surface area contributed by atoms with Crippen molar-refractivity contribution in [3.63, 3.8) is 0 Å². The van der Waals surface area contributed by atoms with E-state index in [0.29, 0.717) is 6.42 Å². The van der Waals surface area contributed by atoms with Gasteiger partial charge in [-0.05, 0) is 32.2 Å². The van der Waals surface area contributed by atoms with E-state index in [1.165, 1.54) is 4.88 Å². The molecule has 2 rings (SSSR count). The van der Waals surface area contributed by atoms with Gasteiger partial charge in [0.2, 0.25) is 5.91 Å². The molecule has 2 aromatic heterocycles. The minimum atomic E-state index is 0.0125. The van der Waals surface area contributed by atoms with Crippen LogP contribution in [0.1, 0.15) is 28.8 Å². The Balaban J connectivity index is 1.87. The zero-order valence-electron chi connectivity index (χ0n) is 11.4. The van der Waals surface area contributed by atoms with Crippen molar-refractivity contribution in [2.45, 2.75) is 39.7 Å². The summed E-state index contributed by atoms with van der Waals surface area (Å²) in [5.41, 5.74) is 1.68. The van der Waals surface area contributed by atoms with E-state index in [1.807, 2.05) is 32.2 Å². The van der Waals surface area contributed by atoms with Gasteiger partial charge in [0.25, 0.3) is 0 Å². The molecular weight excluding hydrogens is 260 g/mol. The summed E-state index contributed by atoms with van der Waals surface area (Å²) in [6.07, 6.45) is 1.20. The van der Waals surface area contributed by atoms with Gasteiger partial charge in [-0.15, -0.1) is 11.3 Å². The van der Waals surface area contributed by atoms with Gasteiger partial charge in [-0.1, -0.05) is 11.2 Å². The number of aromatic nitrogens is 1. The van der Waals surface area contributed by atoms with E-state index in [4.69, 9.17) is 4.52 Å². The Bertz CT molecular complexity index is 526. The summed E-state index contributed by atoms with van der Waals surface area (Å²) in [4.78, 5) is 13.3. The van der Waals surface area contributed by atoms with E-state index in [9.17, 15) is 4.79 Å². The van der Waals surface area contributed by atoms with Crippen LogP contribution in [0.4, 0.5) is 0 Å². The molecule has 102 valence electrons. The standard InChI is InChI=1S/C14H18N2O2S/c1-9(7-12-5-4-6-19-12)15-14(17)8-13-10(2)16-18-11(13)3/h4-6,9H,7-8H2,1-3H3,(H,15,17)/t9-/m0/s1. The smallest absolute Gasteiger partial charge is 0.224 e. The van der Waals surface area contributed by atoms with Crippen LogP contribution in [0.25, 0.3) is 0 Å². The molecule has 0 bridgehead atoms. The minimum absolute atomic E-state index is 0.0125. The number of hydrogen-bond donors (Lipinski definition) is 1. The van der Waals surface area contributed by atoms with Crippen LogP contribution in [0.5, 0.6) is 0 Å². The molecule has 0 fully saturated rings. The van der Waals surface area contributed by atoms with Crippen molar-refractivity contribution in [2.75, 3.05) is 0 Å². The number of thiophene rings is 1. The second kappa shape index (κ2) is 6.02. The Morgan fingerprint density at radius 3 is 2.89 bits per heavy atom. The molecule has 0 aliphatic heterocycles. The van der Waals surface area contributed by atoms with Crippen LogP contribution >= 0.6 is 11.3 Å². The first-order valence-electron chi connectivity index (χ1n) is 6.29. The number of aryl methyl sites for hydroxylation is 2. The summed E-state index contributed by atoms with van der Waals surface area (Å²) in [6, 6.07) is 4.24. The Hall–Kier alpha value is -1.62. The lowest BCUT2D eigenvalue weighted by Gasteiger charge is -2.12. The molecule has 2 heterocycles. The van der Waals surface area contributed by atoms with E-state index in [1.54, 1.807) is 11.3 Å². The number of hydrogen-bond acceptors (Lipinski definition) is 4. The lowest BCUT2D eigenvalue weighted by atomic mass is 10.1. The van der Waals surface area contributed by atoms with Gasteiger partial charge in [0.1, 0.15) is 5.76 Å². The average molecular weight is 278 g/mol. The predicted molar refractivity (Wildman–Crippen MR) is 75.3 cm³/mol. The van der Waals surface area contributed by atoms with Crippen LogP contribution in [0.15, 0.2) is 22.0 Å². The van der Waals surface area contributed by atoms with Crippen molar-refractivity contribution >= 4 is 17.2 Å². The Morgan fingerprint density at radius 1 is 1.53 bits per heavy atom.